The van der Waals surface area contributed by atoms with E-state index in [4.69, 9.17) is 0 Å². The Morgan fingerprint density at radius 3 is 2.42 bits per heavy atom. The molecule has 5 heteroatoms. The van der Waals surface area contributed by atoms with E-state index in [-0.39, 0.29) is 13.1 Å². The third kappa shape index (κ3) is 2.30. The molecule has 1 aromatic rings. The van der Waals surface area contributed by atoms with Gasteiger partial charge in [0.05, 0.1) is 10.5 Å². The minimum Gasteiger partial charge on any atom is -0.387 e. The maximum Gasteiger partial charge on any atom is 0.243 e. The third-order valence-corrected chi connectivity index (χ3v) is 5.78. The lowest BCUT2D eigenvalue weighted by Crippen LogP contribution is -2.61. The molecule has 2 aliphatic rings. The summed E-state index contributed by atoms with van der Waals surface area (Å²) < 4.78 is 26.2. The Hall–Kier alpha value is -0.910. The molecule has 0 atom stereocenters. The van der Waals surface area contributed by atoms with Crippen molar-refractivity contribution in [2.45, 2.75) is 43.1 Å². The van der Waals surface area contributed by atoms with Gasteiger partial charge >= 0.3 is 0 Å². The first-order valence-electron chi connectivity index (χ1n) is 6.73. The standard InChI is InChI=1S/C14H19NO3S/c1-14(16)9-15(10-14)19(17,18)13-7-6-11-4-2-3-5-12(11)8-13/h6-8,16H,2-5,9-10H2,1H3. The number of rotatable bonds is 2. The van der Waals surface area contributed by atoms with Crippen LogP contribution in [0.1, 0.15) is 30.9 Å². The van der Waals surface area contributed by atoms with Crippen molar-refractivity contribution in [2.75, 3.05) is 13.1 Å². The first-order valence-corrected chi connectivity index (χ1v) is 8.17. The molecule has 0 amide bonds. The zero-order chi connectivity index (χ0) is 13.7. The topological polar surface area (TPSA) is 57.6 Å². The smallest absolute Gasteiger partial charge is 0.243 e. The molecule has 3 rings (SSSR count). The summed E-state index contributed by atoms with van der Waals surface area (Å²) in [6.45, 7) is 2.03. The minimum atomic E-state index is -3.43. The van der Waals surface area contributed by atoms with Crippen molar-refractivity contribution in [3.63, 3.8) is 0 Å². The van der Waals surface area contributed by atoms with Crippen LogP contribution in [0.2, 0.25) is 0 Å². The molecule has 0 radical (unpaired) electrons. The van der Waals surface area contributed by atoms with E-state index in [0.717, 1.165) is 19.3 Å². The van der Waals surface area contributed by atoms with Crippen LogP contribution < -0.4 is 0 Å². The summed E-state index contributed by atoms with van der Waals surface area (Å²) in [5.74, 6) is 0. The molecule has 1 aliphatic heterocycles. The predicted molar refractivity (Wildman–Crippen MR) is 72.5 cm³/mol. The lowest BCUT2D eigenvalue weighted by atomic mass is 9.92. The molecule has 1 aliphatic carbocycles. The molecule has 0 saturated carbocycles. The Labute approximate surface area is 114 Å². The van der Waals surface area contributed by atoms with Crippen molar-refractivity contribution in [3.8, 4) is 0 Å². The van der Waals surface area contributed by atoms with Crippen LogP contribution in [-0.4, -0.2) is 36.5 Å². The number of benzene rings is 1. The Morgan fingerprint density at radius 2 is 1.79 bits per heavy atom. The lowest BCUT2D eigenvalue weighted by Gasteiger charge is -2.42. The molecule has 104 valence electrons. The van der Waals surface area contributed by atoms with Crippen LogP contribution >= 0.6 is 0 Å². The van der Waals surface area contributed by atoms with Crippen LogP contribution in [0.4, 0.5) is 0 Å². The molecule has 1 saturated heterocycles. The molecule has 0 spiro atoms. The Morgan fingerprint density at radius 1 is 1.16 bits per heavy atom. The van der Waals surface area contributed by atoms with Gasteiger partial charge in [0.15, 0.2) is 0 Å². The number of hydrogen-bond acceptors (Lipinski definition) is 3. The van der Waals surface area contributed by atoms with Gasteiger partial charge in [-0.3, -0.25) is 0 Å². The summed E-state index contributed by atoms with van der Waals surface area (Å²) in [5, 5.41) is 9.68. The van der Waals surface area contributed by atoms with Crippen molar-refractivity contribution < 1.29 is 13.5 Å². The average molecular weight is 281 g/mol. The van der Waals surface area contributed by atoms with Gasteiger partial charge in [0.1, 0.15) is 0 Å². The zero-order valence-electron chi connectivity index (χ0n) is 11.1. The zero-order valence-corrected chi connectivity index (χ0v) is 11.9. The lowest BCUT2D eigenvalue weighted by molar-refractivity contribution is -0.0426. The van der Waals surface area contributed by atoms with Gasteiger partial charge in [0, 0.05) is 13.1 Å². The molecule has 1 fully saturated rings. The highest BCUT2D eigenvalue weighted by Crippen LogP contribution is 2.30. The highest BCUT2D eigenvalue weighted by molar-refractivity contribution is 7.89. The molecule has 1 heterocycles. The number of nitrogens with zero attached hydrogens (tertiary/aromatic N) is 1. The van der Waals surface area contributed by atoms with Gasteiger partial charge in [0.2, 0.25) is 10.0 Å². The number of aliphatic hydroxyl groups is 1. The first kappa shape index (κ1) is 13.1. The molecule has 0 aromatic heterocycles. The fraction of sp³-hybridized carbons (Fsp3) is 0.571. The quantitative estimate of drug-likeness (QED) is 0.889. The fourth-order valence-electron chi connectivity index (χ4n) is 2.90. The van der Waals surface area contributed by atoms with Gasteiger partial charge in [-0.15, -0.1) is 0 Å². The van der Waals surface area contributed by atoms with E-state index in [9.17, 15) is 13.5 Å². The first-order chi connectivity index (χ1) is 8.88. The molecule has 0 bridgehead atoms. The van der Waals surface area contributed by atoms with E-state index in [1.165, 1.54) is 21.9 Å². The van der Waals surface area contributed by atoms with Crippen LogP contribution in [0.15, 0.2) is 23.1 Å². The molecular weight excluding hydrogens is 262 g/mol. The summed E-state index contributed by atoms with van der Waals surface area (Å²) in [6, 6.07) is 5.46. The molecule has 4 nitrogen and oxygen atoms in total. The summed E-state index contributed by atoms with van der Waals surface area (Å²) in [7, 11) is -3.43. The highest BCUT2D eigenvalue weighted by atomic mass is 32.2. The second kappa shape index (κ2) is 4.30. The number of fused-ring (bicyclic) bond motifs is 1. The van der Waals surface area contributed by atoms with E-state index in [1.54, 1.807) is 13.0 Å². The Kier molecular flexibility index (Phi) is 2.96. The van der Waals surface area contributed by atoms with Crippen molar-refractivity contribution >= 4 is 10.0 Å². The second-order valence-electron chi connectivity index (χ2n) is 5.91. The van der Waals surface area contributed by atoms with E-state index in [1.807, 2.05) is 12.1 Å². The molecule has 0 unspecified atom stereocenters. The van der Waals surface area contributed by atoms with Crippen LogP contribution in [0.5, 0.6) is 0 Å². The summed E-state index contributed by atoms with van der Waals surface area (Å²) in [6.07, 6.45) is 4.34. The highest BCUT2D eigenvalue weighted by Gasteiger charge is 2.43. The van der Waals surface area contributed by atoms with Crippen LogP contribution in [0.3, 0.4) is 0 Å². The third-order valence-electron chi connectivity index (χ3n) is 3.99. The van der Waals surface area contributed by atoms with Crippen molar-refractivity contribution in [1.29, 1.82) is 0 Å². The number of β-amino-alcohol motifs (C(OH)–C–C–N with tert-alkyl or cyclic N) is 1. The van der Waals surface area contributed by atoms with Crippen LogP contribution in [0, 0.1) is 0 Å². The van der Waals surface area contributed by atoms with Crippen molar-refractivity contribution in [3.05, 3.63) is 29.3 Å². The SMILES string of the molecule is CC1(O)CN(S(=O)(=O)c2ccc3c(c2)CCCC3)C1. The Balaban J connectivity index is 1.90. The Bertz CT molecular complexity index is 599. The van der Waals surface area contributed by atoms with Gasteiger partial charge in [-0.05, 0) is 55.9 Å². The fourth-order valence-corrected chi connectivity index (χ4v) is 4.63. The number of hydrogen-bond donors (Lipinski definition) is 1. The van der Waals surface area contributed by atoms with E-state index in [0.29, 0.717) is 4.90 Å². The largest absolute Gasteiger partial charge is 0.387 e. The molecule has 1 aromatic carbocycles. The monoisotopic (exact) mass is 281 g/mol. The number of sulfonamides is 1. The van der Waals surface area contributed by atoms with Crippen LogP contribution in [-0.2, 0) is 22.9 Å². The van der Waals surface area contributed by atoms with Gasteiger partial charge in [-0.2, -0.15) is 4.31 Å². The van der Waals surface area contributed by atoms with Gasteiger partial charge in [-0.1, -0.05) is 6.07 Å². The summed E-state index contributed by atoms with van der Waals surface area (Å²) in [5.41, 5.74) is 1.57. The predicted octanol–water partition coefficient (Wildman–Crippen LogP) is 1.32. The minimum absolute atomic E-state index is 0.187. The normalized spacial score (nSPS) is 22.6. The van der Waals surface area contributed by atoms with Gasteiger partial charge in [0.25, 0.3) is 0 Å². The van der Waals surface area contributed by atoms with Gasteiger partial charge in [-0.25, -0.2) is 8.42 Å². The van der Waals surface area contributed by atoms with E-state index in [2.05, 4.69) is 0 Å². The number of aryl methyl sites for hydroxylation is 2. The summed E-state index contributed by atoms with van der Waals surface area (Å²) >= 11 is 0. The van der Waals surface area contributed by atoms with Crippen LogP contribution in [0.25, 0.3) is 0 Å². The van der Waals surface area contributed by atoms with Crippen molar-refractivity contribution in [1.82, 2.24) is 4.31 Å². The molecular formula is C14H19NO3S. The second-order valence-corrected chi connectivity index (χ2v) is 7.85. The van der Waals surface area contributed by atoms with Gasteiger partial charge < -0.3 is 5.11 Å². The molecule has 19 heavy (non-hydrogen) atoms. The maximum atomic E-state index is 12.4. The van der Waals surface area contributed by atoms with E-state index < -0.39 is 15.6 Å². The summed E-state index contributed by atoms with van der Waals surface area (Å²) in [4.78, 5) is 0.364. The maximum absolute atomic E-state index is 12.4. The average Bonchev–Trinajstić information content (AvgIpc) is 2.35. The van der Waals surface area contributed by atoms with Crippen molar-refractivity contribution in [2.24, 2.45) is 0 Å². The van der Waals surface area contributed by atoms with E-state index >= 15 is 0 Å². The molecule has 1 N–H and O–H groups in total.